The molecule has 3 nitrogen and oxygen atoms in total. The molecule has 0 aromatic heterocycles. The van der Waals surface area contributed by atoms with Crippen LogP contribution < -0.4 is 11.1 Å². The topological polar surface area (TPSA) is 55.1 Å². The number of hydrogen-bond acceptors (Lipinski definition) is 2. The van der Waals surface area contributed by atoms with Crippen molar-refractivity contribution in [2.75, 3.05) is 5.32 Å². The van der Waals surface area contributed by atoms with Gasteiger partial charge in [-0.3, -0.25) is 4.79 Å². The Balaban J connectivity index is 2.14. The van der Waals surface area contributed by atoms with E-state index in [1.54, 1.807) is 12.1 Å². The maximum Gasteiger partial charge on any atom is 0.255 e. The number of hydrogen-bond donors (Lipinski definition) is 2. The van der Waals surface area contributed by atoms with Gasteiger partial charge in [0.05, 0.1) is 0 Å². The highest BCUT2D eigenvalue weighted by Crippen LogP contribution is 2.18. The summed E-state index contributed by atoms with van der Waals surface area (Å²) in [6.07, 6.45) is 1.98. The first-order valence-electron chi connectivity index (χ1n) is 7.40. The number of rotatable bonds is 5. The molecule has 2 aromatic rings. The Kier molecular flexibility index (Phi) is 5.12. The number of amides is 1. The molecule has 0 bridgehead atoms. The lowest BCUT2D eigenvalue weighted by atomic mass is 10.0. The molecule has 0 aliphatic carbocycles. The largest absolute Gasteiger partial charge is 0.326 e. The van der Waals surface area contributed by atoms with E-state index in [1.165, 1.54) is 11.1 Å². The summed E-state index contributed by atoms with van der Waals surface area (Å²) in [5.74, 6) is -0.0927. The summed E-state index contributed by atoms with van der Waals surface area (Å²) in [7, 11) is 0. The average Bonchev–Trinajstić information content (AvgIpc) is 2.54. The minimum absolute atomic E-state index is 0.0927. The van der Waals surface area contributed by atoms with E-state index >= 15 is 0 Å². The third kappa shape index (κ3) is 3.70. The zero-order valence-electron chi connectivity index (χ0n) is 12.6. The second kappa shape index (κ2) is 7.04. The highest BCUT2D eigenvalue weighted by atomic mass is 16.1. The number of anilines is 1. The summed E-state index contributed by atoms with van der Waals surface area (Å²) in [6.45, 7) is 4.76. The molecule has 1 amide bonds. The first-order chi connectivity index (χ1) is 10.2. The minimum atomic E-state index is -0.0927. The highest BCUT2D eigenvalue weighted by Gasteiger charge is 2.07. The molecule has 0 saturated heterocycles. The summed E-state index contributed by atoms with van der Waals surface area (Å²) in [5, 5.41) is 2.95. The Morgan fingerprint density at radius 1 is 1.00 bits per heavy atom. The molecule has 0 atom stereocenters. The smallest absolute Gasteiger partial charge is 0.255 e. The summed E-state index contributed by atoms with van der Waals surface area (Å²) >= 11 is 0. The van der Waals surface area contributed by atoms with Crippen molar-refractivity contribution in [3.63, 3.8) is 0 Å². The Bertz CT molecular complexity index is 618. The van der Waals surface area contributed by atoms with E-state index in [0.29, 0.717) is 12.1 Å². The predicted octanol–water partition coefficient (Wildman–Crippen LogP) is 3.52. The third-order valence-electron chi connectivity index (χ3n) is 3.68. The van der Waals surface area contributed by atoms with Crippen LogP contribution in [0.5, 0.6) is 0 Å². The highest BCUT2D eigenvalue weighted by molar-refractivity contribution is 6.04. The first kappa shape index (κ1) is 15.3. The van der Waals surface area contributed by atoms with E-state index < -0.39 is 0 Å². The van der Waals surface area contributed by atoms with Crippen LogP contribution >= 0.6 is 0 Å². The van der Waals surface area contributed by atoms with Gasteiger partial charge in [-0.05, 0) is 53.8 Å². The van der Waals surface area contributed by atoms with Crippen molar-refractivity contribution in [2.45, 2.75) is 33.2 Å². The molecule has 2 rings (SSSR count). The van der Waals surface area contributed by atoms with E-state index in [-0.39, 0.29) is 5.91 Å². The molecule has 21 heavy (non-hydrogen) atoms. The quantitative estimate of drug-likeness (QED) is 0.881. The van der Waals surface area contributed by atoms with Crippen molar-refractivity contribution >= 4 is 11.6 Å². The summed E-state index contributed by atoms with van der Waals surface area (Å²) in [4.78, 5) is 12.2. The van der Waals surface area contributed by atoms with Crippen LogP contribution in [0, 0.1) is 0 Å². The van der Waals surface area contributed by atoms with Gasteiger partial charge in [-0.2, -0.15) is 0 Å². The maximum atomic E-state index is 12.2. The van der Waals surface area contributed by atoms with E-state index in [9.17, 15) is 4.79 Å². The molecule has 0 aliphatic rings. The standard InChI is InChI=1S/C18H22N2O/c1-3-14-9-10-17(11-15(14)4-2)20-18(21)16-7-5-13(12-19)6-8-16/h5-11H,3-4,12,19H2,1-2H3,(H,20,21). The van der Waals surface area contributed by atoms with E-state index in [4.69, 9.17) is 5.73 Å². The normalized spacial score (nSPS) is 10.4. The fourth-order valence-electron chi connectivity index (χ4n) is 2.37. The summed E-state index contributed by atoms with van der Waals surface area (Å²) in [5.41, 5.74) is 10.7. The molecular formula is C18H22N2O. The second-order valence-electron chi connectivity index (χ2n) is 5.05. The van der Waals surface area contributed by atoms with Gasteiger partial charge in [0.15, 0.2) is 0 Å². The summed E-state index contributed by atoms with van der Waals surface area (Å²) < 4.78 is 0. The Hall–Kier alpha value is -2.13. The maximum absolute atomic E-state index is 12.2. The molecule has 0 fully saturated rings. The van der Waals surface area contributed by atoms with Crippen molar-refractivity contribution in [1.82, 2.24) is 0 Å². The molecular weight excluding hydrogens is 260 g/mol. The van der Waals surface area contributed by atoms with Crippen molar-refractivity contribution in [1.29, 1.82) is 0 Å². The van der Waals surface area contributed by atoms with Crippen LogP contribution in [0.15, 0.2) is 42.5 Å². The number of nitrogens with two attached hydrogens (primary N) is 1. The lowest BCUT2D eigenvalue weighted by molar-refractivity contribution is 0.102. The van der Waals surface area contributed by atoms with Crippen LogP contribution in [0.3, 0.4) is 0 Å². The van der Waals surface area contributed by atoms with Gasteiger partial charge < -0.3 is 11.1 Å². The molecule has 0 saturated carbocycles. The van der Waals surface area contributed by atoms with Crippen LogP contribution in [0.4, 0.5) is 5.69 Å². The first-order valence-corrected chi connectivity index (χ1v) is 7.40. The number of nitrogens with one attached hydrogen (secondary N) is 1. The number of aryl methyl sites for hydroxylation is 2. The minimum Gasteiger partial charge on any atom is -0.326 e. The van der Waals surface area contributed by atoms with Crippen molar-refractivity contribution in [3.05, 3.63) is 64.7 Å². The lowest BCUT2D eigenvalue weighted by Crippen LogP contribution is -2.12. The predicted molar refractivity (Wildman–Crippen MR) is 87.5 cm³/mol. The van der Waals surface area contributed by atoms with Gasteiger partial charge in [0.25, 0.3) is 5.91 Å². The molecule has 2 aromatic carbocycles. The van der Waals surface area contributed by atoms with Crippen LogP contribution in [-0.4, -0.2) is 5.91 Å². The number of carbonyl (C=O) groups excluding carboxylic acids is 1. The van der Waals surface area contributed by atoms with Crippen LogP contribution in [0.2, 0.25) is 0 Å². The SMILES string of the molecule is CCc1ccc(NC(=O)c2ccc(CN)cc2)cc1CC. The van der Waals surface area contributed by atoms with Gasteiger partial charge in [0.1, 0.15) is 0 Å². The molecule has 0 radical (unpaired) electrons. The molecule has 3 heteroatoms. The van der Waals surface area contributed by atoms with Gasteiger partial charge in [-0.25, -0.2) is 0 Å². The molecule has 0 spiro atoms. The zero-order valence-corrected chi connectivity index (χ0v) is 12.6. The van der Waals surface area contributed by atoms with Gasteiger partial charge in [0, 0.05) is 17.8 Å². The fraction of sp³-hybridized carbons (Fsp3) is 0.278. The van der Waals surface area contributed by atoms with Gasteiger partial charge in [-0.1, -0.05) is 32.0 Å². The summed E-state index contributed by atoms with van der Waals surface area (Å²) in [6, 6.07) is 13.5. The number of benzene rings is 2. The van der Waals surface area contributed by atoms with Crippen LogP contribution in [0.1, 0.15) is 40.9 Å². The van der Waals surface area contributed by atoms with Crippen LogP contribution in [0.25, 0.3) is 0 Å². The van der Waals surface area contributed by atoms with Gasteiger partial charge in [0.2, 0.25) is 0 Å². The molecule has 3 N–H and O–H groups in total. The number of carbonyl (C=O) groups is 1. The second-order valence-corrected chi connectivity index (χ2v) is 5.05. The molecule has 0 unspecified atom stereocenters. The van der Waals surface area contributed by atoms with E-state index in [0.717, 1.165) is 24.1 Å². The van der Waals surface area contributed by atoms with Crippen molar-refractivity contribution < 1.29 is 4.79 Å². The van der Waals surface area contributed by atoms with Gasteiger partial charge in [-0.15, -0.1) is 0 Å². The third-order valence-corrected chi connectivity index (χ3v) is 3.68. The Morgan fingerprint density at radius 2 is 1.67 bits per heavy atom. The average molecular weight is 282 g/mol. The Labute approximate surface area is 126 Å². The monoisotopic (exact) mass is 282 g/mol. The fourth-order valence-corrected chi connectivity index (χ4v) is 2.37. The Morgan fingerprint density at radius 3 is 2.24 bits per heavy atom. The molecule has 0 aliphatic heterocycles. The molecule has 110 valence electrons. The van der Waals surface area contributed by atoms with E-state index in [1.807, 2.05) is 18.2 Å². The van der Waals surface area contributed by atoms with Gasteiger partial charge >= 0.3 is 0 Å². The van der Waals surface area contributed by atoms with Crippen molar-refractivity contribution in [3.8, 4) is 0 Å². The van der Waals surface area contributed by atoms with Crippen LogP contribution in [-0.2, 0) is 19.4 Å². The van der Waals surface area contributed by atoms with Crippen molar-refractivity contribution in [2.24, 2.45) is 5.73 Å². The zero-order chi connectivity index (χ0) is 15.2. The van der Waals surface area contributed by atoms with E-state index in [2.05, 4.69) is 31.3 Å². The lowest BCUT2D eigenvalue weighted by Gasteiger charge is -2.10. The molecule has 0 heterocycles.